The van der Waals surface area contributed by atoms with Crippen LogP contribution < -0.4 is 5.73 Å². The molecule has 2 heterocycles. The van der Waals surface area contributed by atoms with Crippen molar-refractivity contribution in [1.29, 1.82) is 0 Å². The molecule has 0 aromatic carbocycles. The van der Waals surface area contributed by atoms with E-state index in [1.165, 1.54) is 6.26 Å². The Bertz CT molecular complexity index is 311. The predicted octanol–water partition coefficient (Wildman–Crippen LogP) is 0.699. The van der Waals surface area contributed by atoms with Crippen LogP contribution in [-0.4, -0.2) is 29.9 Å². The van der Waals surface area contributed by atoms with Crippen molar-refractivity contribution >= 4 is 5.91 Å². The van der Waals surface area contributed by atoms with Gasteiger partial charge in [0.05, 0.1) is 6.26 Å². The Morgan fingerprint density at radius 2 is 2.43 bits per heavy atom. The molecule has 1 amide bonds. The normalized spacial score (nSPS) is 26.9. The maximum atomic E-state index is 11.8. The van der Waals surface area contributed by atoms with Crippen LogP contribution in [0.5, 0.6) is 0 Å². The highest BCUT2D eigenvalue weighted by Crippen LogP contribution is 2.17. The number of carbonyl (C=O) groups excluding carboxylic acids is 1. The summed E-state index contributed by atoms with van der Waals surface area (Å²) in [6, 6.07) is 3.48. The average molecular weight is 194 g/mol. The number of carbonyl (C=O) groups is 1. The van der Waals surface area contributed by atoms with E-state index < -0.39 is 0 Å². The van der Waals surface area contributed by atoms with Gasteiger partial charge in [-0.15, -0.1) is 0 Å². The molecule has 1 fully saturated rings. The molecule has 4 nitrogen and oxygen atoms in total. The molecule has 14 heavy (non-hydrogen) atoms. The van der Waals surface area contributed by atoms with Crippen LogP contribution >= 0.6 is 0 Å². The van der Waals surface area contributed by atoms with Gasteiger partial charge in [0.1, 0.15) is 0 Å². The van der Waals surface area contributed by atoms with Crippen molar-refractivity contribution in [2.45, 2.75) is 13.0 Å². The molecule has 0 saturated carbocycles. The minimum atomic E-state index is -0.0604. The molecule has 4 heteroatoms. The second kappa shape index (κ2) is 3.46. The molecule has 1 aliphatic rings. The van der Waals surface area contributed by atoms with Crippen LogP contribution in [0.25, 0.3) is 0 Å². The summed E-state index contributed by atoms with van der Waals surface area (Å²) in [6.45, 7) is 3.40. The number of nitrogens with two attached hydrogens (primary N) is 1. The first-order valence-corrected chi connectivity index (χ1v) is 4.77. The molecular formula is C10H14N2O2. The van der Waals surface area contributed by atoms with Gasteiger partial charge in [-0.3, -0.25) is 4.79 Å². The maximum Gasteiger partial charge on any atom is 0.289 e. The first kappa shape index (κ1) is 9.27. The molecule has 0 radical (unpaired) electrons. The van der Waals surface area contributed by atoms with Crippen LogP contribution in [0.4, 0.5) is 0 Å². The fraction of sp³-hybridized carbons (Fsp3) is 0.500. The number of amides is 1. The number of likely N-dealkylation sites (tertiary alicyclic amines) is 1. The zero-order chi connectivity index (χ0) is 10.1. The highest BCUT2D eigenvalue weighted by atomic mass is 16.3. The van der Waals surface area contributed by atoms with E-state index in [-0.39, 0.29) is 11.9 Å². The lowest BCUT2D eigenvalue weighted by Crippen LogP contribution is -2.31. The maximum absolute atomic E-state index is 11.8. The molecule has 0 bridgehead atoms. The first-order chi connectivity index (χ1) is 6.68. The van der Waals surface area contributed by atoms with Gasteiger partial charge in [0.15, 0.2) is 5.76 Å². The SMILES string of the molecule is CC1CN(C(=O)c2ccco2)CC1N. The quantitative estimate of drug-likeness (QED) is 0.715. The molecule has 2 unspecified atom stereocenters. The number of rotatable bonds is 1. The van der Waals surface area contributed by atoms with Crippen LogP contribution in [-0.2, 0) is 0 Å². The smallest absolute Gasteiger partial charge is 0.289 e. The van der Waals surface area contributed by atoms with Crippen LogP contribution in [0.1, 0.15) is 17.5 Å². The van der Waals surface area contributed by atoms with Crippen molar-refractivity contribution in [3.63, 3.8) is 0 Å². The van der Waals surface area contributed by atoms with Crippen LogP contribution in [0, 0.1) is 5.92 Å². The Hall–Kier alpha value is -1.29. The van der Waals surface area contributed by atoms with Crippen LogP contribution in [0.2, 0.25) is 0 Å². The third kappa shape index (κ3) is 1.53. The van der Waals surface area contributed by atoms with E-state index >= 15 is 0 Å². The van der Waals surface area contributed by atoms with E-state index in [1.54, 1.807) is 17.0 Å². The van der Waals surface area contributed by atoms with Gasteiger partial charge in [-0.05, 0) is 18.1 Å². The molecule has 1 aromatic heterocycles. The highest BCUT2D eigenvalue weighted by molar-refractivity contribution is 5.91. The van der Waals surface area contributed by atoms with Gasteiger partial charge in [0.25, 0.3) is 5.91 Å². The van der Waals surface area contributed by atoms with E-state index in [0.717, 1.165) is 6.54 Å². The molecule has 2 rings (SSSR count). The van der Waals surface area contributed by atoms with Crippen molar-refractivity contribution in [3.05, 3.63) is 24.2 Å². The van der Waals surface area contributed by atoms with Gasteiger partial charge in [-0.1, -0.05) is 6.92 Å². The number of nitrogens with zero attached hydrogens (tertiary/aromatic N) is 1. The topological polar surface area (TPSA) is 59.5 Å². The molecule has 2 atom stereocenters. The lowest BCUT2D eigenvalue weighted by Gasteiger charge is -2.13. The summed E-state index contributed by atoms with van der Waals surface area (Å²) in [5.74, 6) is 0.704. The number of hydrogen-bond acceptors (Lipinski definition) is 3. The summed E-state index contributed by atoms with van der Waals surface area (Å²) in [7, 11) is 0. The summed E-state index contributed by atoms with van der Waals surface area (Å²) in [6.07, 6.45) is 1.51. The van der Waals surface area contributed by atoms with Gasteiger partial charge in [-0.25, -0.2) is 0 Å². The van der Waals surface area contributed by atoms with Gasteiger partial charge in [0.2, 0.25) is 0 Å². The minimum absolute atomic E-state index is 0.0604. The fourth-order valence-corrected chi connectivity index (χ4v) is 1.71. The molecule has 1 aromatic rings. The second-order valence-electron chi connectivity index (χ2n) is 3.83. The first-order valence-electron chi connectivity index (χ1n) is 4.77. The summed E-state index contributed by atoms with van der Waals surface area (Å²) in [5.41, 5.74) is 5.84. The molecule has 76 valence electrons. The largest absolute Gasteiger partial charge is 0.459 e. The van der Waals surface area contributed by atoms with Gasteiger partial charge in [-0.2, -0.15) is 0 Å². The van der Waals surface area contributed by atoms with E-state index in [9.17, 15) is 4.79 Å². The Morgan fingerprint density at radius 1 is 1.64 bits per heavy atom. The van der Waals surface area contributed by atoms with Crippen molar-refractivity contribution in [2.24, 2.45) is 11.7 Å². The second-order valence-corrected chi connectivity index (χ2v) is 3.83. The van der Waals surface area contributed by atoms with Crippen molar-refractivity contribution in [2.75, 3.05) is 13.1 Å². The van der Waals surface area contributed by atoms with Crippen molar-refractivity contribution < 1.29 is 9.21 Å². The zero-order valence-corrected chi connectivity index (χ0v) is 8.14. The Kier molecular flexibility index (Phi) is 2.29. The number of furan rings is 1. The standard InChI is InChI=1S/C10H14N2O2/c1-7-5-12(6-8(7)11)10(13)9-3-2-4-14-9/h2-4,7-8H,5-6,11H2,1H3. The molecule has 1 saturated heterocycles. The molecular weight excluding hydrogens is 180 g/mol. The van der Waals surface area contributed by atoms with Crippen LogP contribution in [0.3, 0.4) is 0 Å². The highest BCUT2D eigenvalue weighted by Gasteiger charge is 2.31. The third-order valence-electron chi connectivity index (χ3n) is 2.69. The van der Waals surface area contributed by atoms with E-state index in [2.05, 4.69) is 6.92 Å². The summed E-state index contributed by atoms with van der Waals surface area (Å²) < 4.78 is 5.05. The van der Waals surface area contributed by atoms with E-state index in [1.807, 2.05) is 0 Å². The van der Waals surface area contributed by atoms with Crippen molar-refractivity contribution in [1.82, 2.24) is 4.90 Å². The summed E-state index contributed by atoms with van der Waals surface area (Å²) >= 11 is 0. The third-order valence-corrected chi connectivity index (χ3v) is 2.69. The number of hydrogen-bond donors (Lipinski definition) is 1. The summed E-state index contributed by atoms with van der Waals surface area (Å²) in [4.78, 5) is 13.5. The molecule has 0 spiro atoms. The van der Waals surface area contributed by atoms with Gasteiger partial charge in [0, 0.05) is 19.1 Å². The van der Waals surface area contributed by atoms with Crippen molar-refractivity contribution in [3.8, 4) is 0 Å². The predicted molar refractivity (Wildman–Crippen MR) is 51.8 cm³/mol. The fourth-order valence-electron chi connectivity index (χ4n) is 1.71. The van der Waals surface area contributed by atoms with Crippen LogP contribution in [0.15, 0.2) is 22.8 Å². The average Bonchev–Trinajstić information content (AvgIpc) is 2.76. The minimum Gasteiger partial charge on any atom is -0.459 e. The van der Waals surface area contributed by atoms with Gasteiger partial charge >= 0.3 is 0 Å². The zero-order valence-electron chi connectivity index (χ0n) is 8.14. The Labute approximate surface area is 82.7 Å². The van der Waals surface area contributed by atoms with Gasteiger partial charge < -0.3 is 15.1 Å². The lowest BCUT2D eigenvalue weighted by atomic mass is 10.1. The summed E-state index contributed by atoms with van der Waals surface area (Å²) in [5, 5.41) is 0. The van der Waals surface area contributed by atoms with E-state index in [4.69, 9.17) is 10.2 Å². The Morgan fingerprint density at radius 3 is 2.93 bits per heavy atom. The molecule has 2 N–H and O–H groups in total. The monoisotopic (exact) mass is 194 g/mol. The van der Waals surface area contributed by atoms with E-state index in [0.29, 0.717) is 18.2 Å². The molecule has 0 aliphatic carbocycles. The molecule has 1 aliphatic heterocycles. The lowest BCUT2D eigenvalue weighted by molar-refractivity contribution is 0.0755. The Balaban J connectivity index is 2.07.